The molecule has 5 rings (SSSR count). The van der Waals surface area contributed by atoms with Crippen molar-refractivity contribution in [1.29, 1.82) is 0 Å². The van der Waals surface area contributed by atoms with Gasteiger partial charge in [-0.2, -0.15) is 0 Å². The molecule has 1 aliphatic carbocycles. The van der Waals surface area contributed by atoms with Crippen LogP contribution in [0.2, 0.25) is 5.02 Å². The lowest BCUT2D eigenvalue weighted by atomic mass is 9.99. The van der Waals surface area contributed by atoms with Gasteiger partial charge in [-0.3, -0.25) is 9.59 Å². The molecule has 0 radical (unpaired) electrons. The summed E-state index contributed by atoms with van der Waals surface area (Å²) in [4.78, 5) is 26.8. The fraction of sp³-hybridized carbons (Fsp3) is 0.333. The van der Waals surface area contributed by atoms with Crippen LogP contribution >= 0.6 is 11.6 Å². The normalized spacial score (nSPS) is 18.2. The Labute approximate surface area is 244 Å². The number of aryl methyl sites for hydroxylation is 1. The zero-order chi connectivity index (χ0) is 30.2. The Morgan fingerprint density at radius 1 is 1.10 bits per heavy atom. The third-order valence-electron chi connectivity index (χ3n) is 7.37. The van der Waals surface area contributed by atoms with Crippen molar-refractivity contribution < 1.29 is 42.1 Å². The second kappa shape index (κ2) is 11.6. The maximum absolute atomic E-state index is 14.2. The first-order chi connectivity index (χ1) is 19.9. The second-order valence-electron chi connectivity index (χ2n) is 10.3. The minimum absolute atomic E-state index is 0.0856. The van der Waals surface area contributed by atoms with Crippen molar-refractivity contribution in [3.8, 4) is 17.2 Å². The van der Waals surface area contributed by atoms with Gasteiger partial charge in [-0.25, -0.2) is 0 Å². The minimum Gasteiger partial charge on any atom is -0.497 e. The number of methoxy groups -OCH3 is 1. The Bertz CT molecular complexity index is 1510. The zero-order valence-corrected chi connectivity index (χ0v) is 23.5. The molecule has 1 saturated carbocycles. The quantitative estimate of drug-likeness (QED) is 0.276. The maximum atomic E-state index is 14.2. The van der Waals surface area contributed by atoms with Crippen LogP contribution in [-0.2, 0) is 16.0 Å². The average molecular weight is 605 g/mol. The van der Waals surface area contributed by atoms with E-state index < -0.39 is 35.9 Å². The van der Waals surface area contributed by atoms with Gasteiger partial charge in [0.25, 0.3) is 5.91 Å². The molecule has 3 unspecified atom stereocenters. The van der Waals surface area contributed by atoms with E-state index >= 15 is 0 Å². The molecule has 2 aliphatic rings. The molecular formula is C30H28ClF3N2O6. The summed E-state index contributed by atoms with van der Waals surface area (Å²) in [5, 5.41) is 12.9. The van der Waals surface area contributed by atoms with Crippen molar-refractivity contribution >= 4 is 34.9 Å². The number of aliphatic carboxylic acids is 1. The molecule has 8 nitrogen and oxygen atoms in total. The summed E-state index contributed by atoms with van der Waals surface area (Å²) in [5.41, 5.74) is 2.90. The topological polar surface area (TPSA) is 97.3 Å². The largest absolute Gasteiger partial charge is 0.573 e. The first-order valence-corrected chi connectivity index (χ1v) is 13.6. The molecule has 1 amide bonds. The predicted octanol–water partition coefficient (Wildman–Crippen LogP) is 6.40. The molecule has 3 atom stereocenters. The average Bonchev–Trinajstić information content (AvgIpc) is 3.60. The summed E-state index contributed by atoms with van der Waals surface area (Å²) in [6.07, 6.45) is -3.86. The lowest BCUT2D eigenvalue weighted by Crippen LogP contribution is -2.37. The van der Waals surface area contributed by atoms with Gasteiger partial charge in [0.15, 0.2) is 0 Å². The summed E-state index contributed by atoms with van der Waals surface area (Å²) < 4.78 is 54.1. The summed E-state index contributed by atoms with van der Waals surface area (Å²) in [6, 6.07) is 13.2. The van der Waals surface area contributed by atoms with E-state index in [1.807, 2.05) is 6.92 Å². The van der Waals surface area contributed by atoms with Crippen LogP contribution in [-0.4, -0.2) is 43.6 Å². The highest BCUT2D eigenvalue weighted by molar-refractivity contribution is 6.30. The number of fused-ring (bicyclic) bond motifs is 1. The van der Waals surface area contributed by atoms with Gasteiger partial charge in [0.1, 0.15) is 23.3 Å². The molecule has 3 aromatic rings. The number of hydrogen-bond donors (Lipinski definition) is 2. The number of ether oxygens (including phenoxy) is 3. The van der Waals surface area contributed by atoms with Gasteiger partial charge in [-0.05, 0) is 54.7 Å². The fourth-order valence-corrected chi connectivity index (χ4v) is 5.36. The lowest BCUT2D eigenvalue weighted by Gasteiger charge is -2.27. The molecule has 1 heterocycles. The summed E-state index contributed by atoms with van der Waals surface area (Å²) in [5.74, 6) is -1.30. The SMILES string of the molecule is COc1cc(NC(C(=O)N2CCc3ccc(OC(F)(F)F)cc32)c2ccc(Cl)cc2C)cc(OCC2CC2C(=O)O)c1. The number of nitrogens with zero attached hydrogens (tertiary/aromatic N) is 1. The molecule has 3 aromatic carbocycles. The molecule has 0 spiro atoms. The van der Waals surface area contributed by atoms with Crippen LogP contribution < -0.4 is 24.4 Å². The van der Waals surface area contributed by atoms with Gasteiger partial charge < -0.3 is 29.5 Å². The van der Waals surface area contributed by atoms with E-state index in [2.05, 4.69) is 10.1 Å². The highest BCUT2D eigenvalue weighted by Crippen LogP contribution is 2.40. The number of rotatable bonds is 10. The number of carboxylic acid groups (broad SMARTS) is 1. The van der Waals surface area contributed by atoms with Crippen molar-refractivity contribution in [2.24, 2.45) is 11.8 Å². The Hall–Kier alpha value is -4.12. The van der Waals surface area contributed by atoms with Crippen LogP contribution in [0, 0.1) is 18.8 Å². The van der Waals surface area contributed by atoms with Crippen LogP contribution in [0.1, 0.15) is 29.2 Å². The molecule has 1 fully saturated rings. The highest BCUT2D eigenvalue weighted by Gasteiger charge is 2.43. The van der Waals surface area contributed by atoms with E-state index in [0.29, 0.717) is 46.3 Å². The second-order valence-corrected chi connectivity index (χ2v) is 10.7. The number of halogens is 4. The molecule has 0 aromatic heterocycles. The van der Waals surface area contributed by atoms with Gasteiger partial charge in [-0.15, -0.1) is 13.2 Å². The number of nitrogens with one attached hydrogen (secondary N) is 1. The number of carbonyl (C=O) groups excluding carboxylic acids is 1. The molecule has 0 bridgehead atoms. The van der Waals surface area contributed by atoms with E-state index in [9.17, 15) is 27.9 Å². The number of hydrogen-bond acceptors (Lipinski definition) is 6. The maximum Gasteiger partial charge on any atom is 0.573 e. The molecule has 42 heavy (non-hydrogen) atoms. The standard InChI is InChI=1S/C30H28ClF3N2O6/c1-16-9-19(31)4-6-24(16)27(28(37)36-8-7-17-3-5-21(14-26(17)36)42-30(32,33)34)35-20-11-22(40-2)13-23(12-20)41-15-18-10-25(18)29(38)39/h3-6,9,11-14,18,25,27,35H,7-8,10,15H2,1-2H3,(H,38,39). The predicted molar refractivity (Wildman–Crippen MR) is 149 cm³/mol. The number of benzene rings is 3. The van der Waals surface area contributed by atoms with E-state index in [1.165, 1.54) is 30.2 Å². The third kappa shape index (κ3) is 6.67. The van der Waals surface area contributed by atoms with Crippen molar-refractivity contribution in [3.05, 3.63) is 76.3 Å². The number of alkyl halides is 3. The van der Waals surface area contributed by atoms with Crippen LogP contribution in [0.5, 0.6) is 17.2 Å². The molecule has 1 aliphatic heterocycles. The van der Waals surface area contributed by atoms with Crippen LogP contribution in [0.4, 0.5) is 24.5 Å². The molecular weight excluding hydrogens is 577 g/mol. The van der Waals surface area contributed by atoms with Crippen LogP contribution in [0.3, 0.4) is 0 Å². The van der Waals surface area contributed by atoms with Gasteiger partial charge in [-0.1, -0.05) is 23.7 Å². The monoisotopic (exact) mass is 604 g/mol. The first-order valence-electron chi connectivity index (χ1n) is 13.2. The van der Waals surface area contributed by atoms with Crippen molar-refractivity contribution in [3.63, 3.8) is 0 Å². The fourth-order valence-electron chi connectivity index (χ4n) is 5.14. The third-order valence-corrected chi connectivity index (χ3v) is 7.61. The van der Waals surface area contributed by atoms with Gasteiger partial charge in [0, 0.05) is 47.4 Å². The van der Waals surface area contributed by atoms with E-state index in [4.69, 9.17) is 21.1 Å². The minimum atomic E-state index is -4.87. The molecule has 2 N–H and O–H groups in total. The van der Waals surface area contributed by atoms with Crippen molar-refractivity contribution in [2.75, 3.05) is 30.5 Å². The number of carbonyl (C=O) groups is 2. The number of anilines is 2. The number of amides is 1. The van der Waals surface area contributed by atoms with Crippen molar-refractivity contribution in [2.45, 2.75) is 32.2 Å². The van der Waals surface area contributed by atoms with Crippen LogP contribution in [0.25, 0.3) is 0 Å². The first kappa shape index (κ1) is 29.4. The van der Waals surface area contributed by atoms with Crippen molar-refractivity contribution in [1.82, 2.24) is 0 Å². The van der Waals surface area contributed by atoms with E-state index in [-0.39, 0.29) is 19.1 Å². The Kier molecular flexibility index (Phi) is 8.14. The summed E-state index contributed by atoms with van der Waals surface area (Å²) >= 11 is 6.19. The van der Waals surface area contributed by atoms with Gasteiger partial charge in [0.2, 0.25) is 0 Å². The smallest absolute Gasteiger partial charge is 0.497 e. The Morgan fingerprint density at radius 3 is 2.52 bits per heavy atom. The lowest BCUT2D eigenvalue weighted by molar-refractivity contribution is -0.274. The van der Waals surface area contributed by atoms with E-state index in [1.54, 1.807) is 36.4 Å². The molecule has 0 saturated heterocycles. The zero-order valence-electron chi connectivity index (χ0n) is 22.7. The highest BCUT2D eigenvalue weighted by atomic mass is 35.5. The molecule has 12 heteroatoms. The Balaban J connectivity index is 1.45. The summed E-state index contributed by atoms with van der Waals surface area (Å²) in [6.45, 7) is 2.30. The van der Waals surface area contributed by atoms with Crippen LogP contribution in [0.15, 0.2) is 54.6 Å². The Morgan fingerprint density at radius 2 is 1.86 bits per heavy atom. The van der Waals surface area contributed by atoms with Gasteiger partial charge in [0.05, 0.1) is 25.3 Å². The van der Waals surface area contributed by atoms with Gasteiger partial charge >= 0.3 is 12.3 Å². The number of carboxylic acids is 1. The summed E-state index contributed by atoms with van der Waals surface area (Å²) in [7, 11) is 1.48. The molecule has 222 valence electrons. The van der Waals surface area contributed by atoms with E-state index in [0.717, 1.165) is 11.1 Å².